The predicted octanol–water partition coefficient (Wildman–Crippen LogP) is 4.13. The maximum Gasteiger partial charge on any atom is 0.0992 e. The standard InChI is InChI=1S/C14H18ClN3/c1-2-3-4-8-17-13-7-5-6-12(15)14(13)18-10-9-16-11-18/h5-7,9-11,17H,2-4,8H2,1H3. The van der Waals surface area contributed by atoms with Crippen LogP contribution in [0.1, 0.15) is 26.2 Å². The lowest BCUT2D eigenvalue weighted by atomic mass is 10.2. The van der Waals surface area contributed by atoms with Gasteiger partial charge in [0, 0.05) is 18.9 Å². The van der Waals surface area contributed by atoms with Crippen molar-refractivity contribution in [3.63, 3.8) is 0 Å². The summed E-state index contributed by atoms with van der Waals surface area (Å²) in [5.41, 5.74) is 2.02. The number of para-hydroxylation sites is 1. The number of anilines is 1. The van der Waals surface area contributed by atoms with E-state index in [0.717, 1.165) is 22.9 Å². The summed E-state index contributed by atoms with van der Waals surface area (Å²) in [5.74, 6) is 0. The molecule has 1 aromatic carbocycles. The number of benzene rings is 1. The molecule has 18 heavy (non-hydrogen) atoms. The first kappa shape index (κ1) is 13.0. The fraction of sp³-hybridized carbons (Fsp3) is 0.357. The number of halogens is 1. The zero-order valence-corrected chi connectivity index (χ0v) is 11.3. The Labute approximate surface area is 113 Å². The molecule has 2 rings (SSSR count). The molecule has 0 unspecified atom stereocenters. The molecule has 0 aliphatic carbocycles. The molecular formula is C14H18ClN3. The van der Waals surface area contributed by atoms with Crippen LogP contribution in [0.15, 0.2) is 36.9 Å². The second kappa shape index (κ2) is 6.45. The van der Waals surface area contributed by atoms with Crippen LogP contribution in [0, 0.1) is 0 Å². The van der Waals surface area contributed by atoms with Gasteiger partial charge in [-0.1, -0.05) is 37.4 Å². The van der Waals surface area contributed by atoms with Crippen molar-refractivity contribution in [2.75, 3.05) is 11.9 Å². The molecule has 0 bridgehead atoms. The van der Waals surface area contributed by atoms with E-state index in [0.29, 0.717) is 0 Å². The molecule has 96 valence electrons. The van der Waals surface area contributed by atoms with Gasteiger partial charge < -0.3 is 9.88 Å². The minimum atomic E-state index is 0.730. The van der Waals surface area contributed by atoms with Crippen molar-refractivity contribution >= 4 is 17.3 Å². The third-order valence-corrected chi connectivity index (χ3v) is 3.15. The number of hydrogen-bond acceptors (Lipinski definition) is 2. The van der Waals surface area contributed by atoms with E-state index >= 15 is 0 Å². The molecule has 0 amide bonds. The highest BCUT2D eigenvalue weighted by Crippen LogP contribution is 2.28. The van der Waals surface area contributed by atoms with Gasteiger partial charge in [0.1, 0.15) is 0 Å². The predicted molar refractivity (Wildman–Crippen MR) is 76.6 cm³/mol. The summed E-state index contributed by atoms with van der Waals surface area (Å²) in [6, 6.07) is 5.91. The van der Waals surface area contributed by atoms with Crippen molar-refractivity contribution < 1.29 is 0 Å². The van der Waals surface area contributed by atoms with Crippen molar-refractivity contribution in [1.29, 1.82) is 0 Å². The SMILES string of the molecule is CCCCCNc1cccc(Cl)c1-n1ccnc1. The van der Waals surface area contributed by atoms with Crippen LogP contribution in [0.4, 0.5) is 5.69 Å². The zero-order chi connectivity index (χ0) is 12.8. The Bertz CT molecular complexity index is 480. The zero-order valence-electron chi connectivity index (χ0n) is 10.6. The minimum Gasteiger partial charge on any atom is -0.383 e. The van der Waals surface area contributed by atoms with E-state index in [-0.39, 0.29) is 0 Å². The molecule has 0 aliphatic heterocycles. The molecule has 0 aliphatic rings. The van der Waals surface area contributed by atoms with Gasteiger partial charge in [-0.2, -0.15) is 0 Å². The summed E-state index contributed by atoms with van der Waals surface area (Å²) in [5, 5.41) is 4.17. The number of hydrogen-bond donors (Lipinski definition) is 1. The molecule has 1 aromatic heterocycles. The smallest absolute Gasteiger partial charge is 0.0992 e. The molecule has 4 heteroatoms. The van der Waals surface area contributed by atoms with E-state index in [2.05, 4.69) is 17.2 Å². The highest BCUT2D eigenvalue weighted by molar-refractivity contribution is 6.33. The summed E-state index contributed by atoms with van der Waals surface area (Å²) in [7, 11) is 0. The first-order valence-corrected chi connectivity index (χ1v) is 6.71. The van der Waals surface area contributed by atoms with Crippen molar-refractivity contribution in [3.05, 3.63) is 41.9 Å². The van der Waals surface area contributed by atoms with E-state index in [1.54, 1.807) is 12.5 Å². The van der Waals surface area contributed by atoms with Gasteiger partial charge in [-0.15, -0.1) is 0 Å². The van der Waals surface area contributed by atoms with Gasteiger partial charge >= 0.3 is 0 Å². The lowest BCUT2D eigenvalue weighted by Crippen LogP contribution is -2.05. The molecule has 0 saturated heterocycles. The minimum absolute atomic E-state index is 0.730. The van der Waals surface area contributed by atoms with Crippen molar-refractivity contribution in [2.45, 2.75) is 26.2 Å². The van der Waals surface area contributed by atoms with Gasteiger partial charge in [-0.3, -0.25) is 0 Å². The third-order valence-electron chi connectivity index (χ3n) is 2.85. The van der Waals surface area contributed by atoms with Gasteiger partial charge in [-0.25, -0.2) is 4.98 Å². The third kappa shape index (κ3) is 3.05. The largest absolute Gasteiger partial charge is 0.383 e. The van der Waals surface area contributed by atoms with Crippen LogP contribution < -0.4 is 5.32 Å². The number of rotatable bonds is 6. The first-order chi connectivity index (χ1) is 8.83. The first-order valence-electron chi connectivity index (χ1n) is 6.33. The van der Waals surface area contributed by atoms with Crippen LogP contribution in [0.5, 0.6) is 0 Å². The van der Waals surface area contributed by atoms with Gasteiger partial charge in [0.05, 0.1) is 22.7 Å². The molecule has 1 heterocycles. The van der Waals surface area contributed by atoms with Gasteiger partial charge in [0.15, 0.2) is 0 Å². The highest BCUT2D eigenvalue weighted by atomic mass is 35.5. The second-order valence-corrected chi connectivity index (χ2v) is 4.65. The number of imidazole rings is 1. The van der Waals surface area contributed by atoms with E-state index in [4.69, 9.17) is 11.6 Å². The lowest BCUT2D eigenvalue weighted by Gasteiger charge is -2.13. The van der Waals surface area contributed by atoms with Gasteiger partial charge in [0.25, 0.3) is 0 Å². The van der Waals surface area contributed by atoms with Crippen LogP contribution in [-0.2, 0) is 0 Å². The maximum absolute atomic E-state index is 6.27. The fourth-order valence-corrected chi connectivity index (χ4v) is 2.18. The van der Waals surface area contributed by atoms with E-state index in [1.807, 2.05) is 29.0 Å². The maximum atomic E-state index is 6.27. The molecule has 0 radical (unpaired) electrons. The average molecular weight is 264 g/mol. The summed E-state index contributed by atoms with van der Waals surface area (Å²) < 4.78 is 1.94. The monoisotopic (exact) mass is 263 g/mol. The van der Waals surface area contributed by atoms with E-state index < -0.39 is 0 Å². The van der Waals surface area contributed by atoms with Crippen LogP contribution in [0.3, 0.4) is 0 Å². The van der Waals surface area contributed by atoms with Crippen LogP contribution in [0.25, 0.3) is 5.69 Å². The summed E-state index contributed by atoms with van der Waals surface area (Å²) in [6.07, 6.45) is 9.06. The fourth-order valence-electron chi connectivity index (χ4n) is 1.91. The Morgan fingerprint density at radius 1 is 1.33 bits per heavy atom. The molecule has 1 N–H and O–H groups in total. The van der Waals surface area contributed by atoms with E-state index in [9.17, 15) is 0 Å². The molecule has 0 atom stereocenters. The summed E-state index contributed by atoms with van der Waals surface area (Å²) >= 11 is 6.27. The normalized spacial score (nSPS) is 10.6. The quantitative estimate of drug-likeness (QED) is 0.795. The highest BCUT2D eigenvalue weighted by Gasteiger charge is 2.08. The van der Waals surface area contributed by atoms with Gasteiger partial charge in [0.2, 0.25) is 0 Å². The van der Waals surface area contributed by atoms with Crippen molar-refractivity contribution in [3.8, 4) is 5.69 Å². The number of aromatic nitrogens is 2. The van der Waals surface area contributed by atoms with Crippen LogP contribution in [-0.4, -0.2) is 16.1 Å². The van der Waals surface area contributed by atoms with E-state index in [1.165, 1.54) is 19.3 Å². The summed E-state index contributed by atoms with van der Waals surface area (Å²) in [4.78, 5) is 4.07. The lowest BCUT2D eigenvalue weighted by molar-refractivity contribution is 0.743. The Hall–Kier alpha value is -1.48. The molecule has 0 fully saturated rings. The number of nitrogens with one attached hydrogen (secondary N) is 1. The average Bonchev–Trinajstić information content (AvgIpc) is 2.88. The topological polar surface area (TPSA) is 29.9 Å². The van der Waals surface area contributed by atoms with Crippen LogP contribution in [0.2, 0.25) is 5.02 Å². The van der Waals surface area contributed by atoms with Crippen molar-refractivity contribution in [1.82, 2.24) is 9.55 Å². The van der Waals surface area contributed by atoms with Crippen LogP contribution >= 0.6 is 11.6 Å². The molecule has 3 nitrogen and oxygen atoms in total. The Morgan fingerprint density at radius 3 is 2.94 bits per heavy atom. The van der Waals surface area contributed by atoms with Gasteiger partial charge in [-0.05, 0) is 18.6 Å². The summed E-state index contributed by atoms with van der Waals surface area (Å²) in [6.45, 7) is 3.17. The number of unbranched alkanes of at least 4 members (excludes halogenated alkanes) is 2. The Kier molecular flexibility index (Phi) is 4.65. The molecule has 0 spiro atoms. The van der Waals surface area contributed by atoms with Crippen molar-refractivity contribution in [2.24, 2.45) is 0 Å². The number of nitrogens with zero attached hydrogens (tertiary/aromatic N) is 2. The molecule has 0 saturated carbocycles. The Morgan fingerprint density at radius 2 is 2.22 bits per heavy atom. The molecule has 2 aromatic rings. The second-order valence-electron chi connectivity index (χ2n) is 4.24. The Balaban J connectivity index is 2.17. The molecular weight excluding hydrogens is 246 g/mol.